The van der Waals surface area contributed by atoms with Gasteiger partial charge in [-0.2, -0.15) is 4.91 Å². The van der Waals surface area contributed by atoms with E-state index in [1.165, 1.54) is 15.6 Å². The van der Waals surface area contributed by atoms with Gasteiger partial charge in [0.05, 0.1) is 28.2 Å². The normalized spacial score (nSPS) is 16.8. The highest BCUT2D eigenvalue weighted by Crippen LogP contribution is 2.39. The van der Waals surface area contributed by atoms with Crippen molar-refractivity contribution in [2.45, 2.75) is 12.5 Å². The summed E-state index contributed by atoms with van der Waals surface area (Å²) in [5.74, 6) is 0. The van der Waals surface area contributed by atoms with Gasteiger partial charge in [0, 0.05) is 30.7 Å². The van der Waals surface area contributed by atoms with Gasteiger partial charge in [0.2, 0.25) is 10.0 Å². The minimum absolute atomic E-state index is 0.217. The third-order valence-electron chi connectivity index (χ3n) is 4.29. The molecule has 0 aromatic carbocycles. The van der Waals surface area contributed by atoms with Crippen LogP contribution in [0.1, 0.15) is 18.2 Å². The lowest BCUT2D eigenvalue weighted by molar-refractivity contribution is 0.573. The lowest BCUT2D eigenvalue weighted by atomic mass is 10.0. The highest BCUT2D eigenvalue weighted by molar-refractivity contribution is 7.92. The molecule has 3 aromatic heterocycles. The maximum Gasteiger partial charge on any atom is 0.232 e. The third-order valence-corrected chi connectivity index (χ3v) is 6.54. The summed E-state index contributed by atoms with van der Waals surface area (Å²) in [5, 5.41) is 3.94. The Morgan fingerprint density at radius 1 is 1.26 bits per heavy atom. The monoisotopic (exact) mass is 401 g/mol. The van der Waals surface area contributed by atoms with E-state index in [9.17, 15) is 13.3 Å². The summed E-state index contributed by atoms with van der Waals surface area (Å²) in [6.45, 7) is 0.217. The maximum atomic E-state index is 12.0. The Kier molecular flexibility index (Phi) is 4.44. The largest absolute Gasteiger partial charge is 0.268 e. The van der Waals surface area contributed by atoms with Crippen LogP contribution in [-0.2, 0) is 10.0 Å². The number of pyridine rings is 2. The summed E-state index contributed by atoms with van der Waals surface area (Å²) in [6.07, 6.45) is 6.59. The molecule has 138 valence electrons. The van der Waals surface area contributed by atoms with Crippen LogP contribution in [0.15, 0.2) is 48.0 Å². The van der Waals surface area contributed by atoms with Crippen molar-refractivity contribution in [3.8, 4) is 21.1 Å². The summed E-state index contributed by atoms with van der Waals surface area (Å²) < 4.78 is 25.3. The summed E-state index contributed by atoms with van der Waals surface area (Å²) in [6, 6.07) is 6.52. The van der Waals surface area contributed by atoms with E-state index >= 15 is 0 Å². The summed E-state index contributed by atoms with van der Waals surface area (Å²) in [5.41, 5.74) is 2.33. The van der Waals surface area contributed by atoms with Crippen LogP contribution in [0.4, 0.5) is 5.69 Å². The van der Waals surface area contributed by atoms with Crippen LogP contribution >= 0.6 is 11.3 Å². The Bertz CT molecular complexity index is 1100. The van der Waals surface area contributed by atoms with Crippen LogP contribution in [-0.4, -0.2) is 36.2 Å². The van der Waals surface area contributed by atoms with E-state index in [1.807, 2.05) is 12.1 Å². The first-order chi connectivity index (χ1) is 13.0. The molecule has 0 saturated heterocycles. The zero-order chi connectivity index (χ0) is 19.0. The molecular formula is C17H15N5O3S2. The van der Waals surface area contributed by atoms with Crippen LogP contribution in [0.2, 0.25) is 0 Å². The first-order valence-corrected chi connectivity index (χ1v) is 10.8. The highest BCUT2D eigenvalue weighted by Gasteiger charge is 2.32. The van der Waals surface area contributed by atoms with E-state index in [0.29, 0.717) is 23.5 Å². The highest BCUT2D eigenvalue weighted by atomic mass is 32.2. The van der Waals surface area contributed by atoms with E-state index in [1.54, 1.807) is 30.7 Å². The molecule has 0 saturated carbocycles. The van der Waals surface area contributed by atoms with Crippen LogP contribution in [0.5, 0.6) is 0 Å². The van der Waals surface area contributed by atoms with Gasteiger partial charge < -0.3 is 0 Å². The predicted molar refractivity (Wildman–Crippen MR) is 104 cm³/mol. The number of aromatic nitrogens is 3. The van der Waals surface area contributed by atoms with E-state index in [2.05, 4.69) is 20.1 Å². The molecule has 0 spiro atoms. The first kappa shape index (κ1) is 17.7. The van der Waals surface area contributed by atoms with E-state index in [0.717, 1.165) is 21.7 Å². The number of nitroso groups, excluding NO2 is 1. The molecule has 0 fully saturated rings. The van der Waals surface area contributed by atoms with Gasteiger partial charge in [0.1, 0.15) is 11.0 Å². The number of thiazole rings is 1. The van der Waals surface area contributed by atoms with Crippen LogP contribution in [0, 0.1) is 4.91 Å². The molecule has 1 aliphatic heterocycles. The lowest BCUT2D eigenvalue weighted by Gasteiger charge is -2.30. The molecule has 0 aliphatic carbocycles. The van der Waals surface area contributed by atoms with Crippen molar-refractivity contribution in [1.29, 1.82) is 0 Å². The molecule has 10 heteroatoms. The van der Waals surface area contributed by atoms with Crippen LogP contribution in [0.25, 0.3) is 21.1 Å². The average Bonchev–Trinajstić information content (AvgIpc) is 3.17. The Balaban J connectivity index is 1.76. The average molecular weight is 401 g/mol. The summed E-state index contributed by atoms with van der Waals surface area (Å²) in [7, 11) is -3.45. The van der Waals surface area contributed by atoms with Gasteiger partial charge in [-0.25, -0.2) is 18.4 Å². The number of hydrogen-bond donors (Lipinski definition) is 0. The maximum absolute atomic E-state index is 12.0. The zero-order valence-electron chi connectivity index (χ0n) is 14.3. The Hall–Kier alpha value is -2.72. The second-order valence-electron chi connectivity index (χ2n) is 6.12. The quantitative estimate of drug-likeness (QED) is 0.621. The van der Waals surface area contributed by atoms with Crippen molar-refractivity contribution < 1.29 is 8.42 Å². The zero-order valence-corrected chi connectivity index (χ0v) is 15.9. The van der Waals surface area contributed by atoms with Gasteiger partial charge in [0.15, 0.2) is 0 Å². The second kappa shape index (κ2) is 6.78. The van der Waals surface area contributed by atoms with E-state index in [-0.39, 0.29) is 6.54 Å². The van der Waals surface area contributed by atoms with Gasteiger partial charge in [-0.1, -0.05) is 5.18 Å². The molecule has 0 bridgehead atoms. The number of fused-ring (bicyclic) bond motifs is 1. The molecule has 0 N–H and O–H groups in total. The van der Waals surface area contributed by atoms with Crippen LogP contribution in [0.3, 0.4) is 0 Å². The third kappa shape index (κ3) is 3.33. The Morgan fingerprint density at radius 3 is 2.81 bits per heavy atom. The van der Waals surface area contributed by atoms with E-state index in [4.69, 9.17) is 0 Å². The van der Waals surface area contributed by atoms with Gasteiger partial charge in [-0.05, 0) is 30.7 Å². The molecular weight excluding hydrogens is 386 g/mol. The minimum atomic E-state index is -3.45. The Morgan fingerprint density at radius 2 is 2.11 bits per heavy atom. The SMILES string of the molecule is CS(=O)(=O)N1CCC(N=O)c2nc(-c3cnc(-c4cccnc4)s3)ccc21. The molecule has 4 heterocycles. The van der Waals surface area contributed by atoms with Crippen molar-refractivity contribution in [3.05, 3.63) is 53.5 Å². The molecule has 1 unspecified atom stereocenters. The fraction of sp³-hybridized carbons (Fsp3) is 0.235. The molecule has 1 atom stereocenters. The molecule has 1 aliphatic rings. The van der Waals surface area contributed by atoms with Gasteiger partial charge in [-0.3, -0.25) is 9.29 Å². The summed E-state index contributed by atoms with van der Waals surface area (Å²) >= 11 is 1.45. The molecule has 0 amide bonds. The fourth-order valence-corrected chi connectivity index (χ4v) is 4.84. The number of anilines is 1. The van der Waals surface area contributed by atoms with E-state index < -0.39 is 16.1 Å². The van der Waals surface area contributed by atoms with Gasteiger partial charge in [-0.15, -0.1) is 11.3 Å². The number of sulfonamides is 1. The lowest BCUT2D eigenvalue weighted by Crippen LogP contribution is -2.36. The smallest absolute Gasteiger partial charge is 0.232 e. The fourth-order valence-electron chi connectivity index (χ4n) is 3.02. The second-order valence-corrected chi connectivity index (χ2v) is 9.05. The predicted octanol–water partition coefficient (Wildman–Crippen LogP) is 3.24. The van der Waals surface area contributed by atoms with Crippen molar-refractivity contribution >= 4 is 27.0 Å². The van der Waals surface area contributed by atoms with Crippen molar-refractivity contribution in [2.24, 2.45) is 5.18 Å². The van der Waals surface area contributed by atoms with Crippen molar-refractivity contribution in [1.82, 2.24) is 15.0 Å². The number of rotatable bonds is 4. The molecule has 4 rings (SSSR count). The van der Waals surface area contributed by atoms with Gasteiger partial charge in [0.25, 0.3) is 0 Å². The number of hydrogen-bond acceptors (Lipinski definition) is 8. The molecule has 3 aromatic rings. The summed E-state index contributed by atoms with van der Waals surface area (Å²) in [4.78, 5) is 25.1. The van der Waals surface area contributed by atoms with Crippen molar-refractivity contribution in [3.63, 3.8) is 0 Å². The molecule has 27 heavy (non-hydrogen) atoms. The first-order valence-electron chi connectivity index (χ1n) is 8.15. The standard InChI is InChI=1S/C17H15N5O3S2/c1-27(24,25)22-8-6-13(21-23)16-14(22)5-4-12(20-16)15-10-19-17(26-15)11-3-2-7-18-9-11/h2-5,7,9-10,13H,6,8H2,1H3. The minimum Gasteiger partial charge on any atom is -0.268 e. The van der Waals surface area contributed by atoms with Crippen molar-refractivity contribution in [2.75, 3.05) is 17.1 Å². The molecule has 8 nitrogen and oxygen atoms in total. The van der Waals surface area contributed by atoms with Gasteiger partial charge >= 0.3 is 0 Å². The molecule has 0 radical (unpaired) electrons. The number of nitrogens with zero attached hydrogens (tertiary/aromatic N) is 5. The topological polar surface area (TPSA) is 105 Å². The Labute approximate surface area is 160 Å². The van der Waals surface area contributed by atoms with Crippen LogP contribution < -0.4 is 4.31 Å².